The van der Waals surface area contributed by atoms with Gasteiger partial charge in [0.1, 0.15) is 0 Å². The molecule has 104 valence electrons. The largest absolute Gasteiger partial charge is 0.311 e. The molecule has 2 heteroatoms. The van der Waals surface area contributed by atoms with Crippen molar-refractivity contribution in [3.8, 4) is 0 Å². The summed E-state index contributed by atoms with van der Waals surface area (Å²) in [6, 6.07) is 1.44. The first-order valence-electron chi connectivity index (χ1n) is 8.11. The topological polar surface area (TPSA) is 15.3 Å². The Bertz CT molecular complexity index is 289. The molecule has 5 atom stereocenters. The summed E-state index contributed by atoms with van der Waals surface area (Å²) in [5.41, 5.74) is 0. The van der Waals surface area contributed by atoms with Crippen LogP contribution in [0, 0.1) is 23.7 Å². The third-order valence-electron chi connectivity index (χ3n) is 5.78. The van der Waals surface area contributed by atoms with Gasteiger partial charge in [0.15, 0.2) is 0 Å². The third-order valence-corrected chi connectivity index (χ3v) is 5.78. The zero-order valence-electron chi connectivity index (χ0n) is 12.4. The molecule has 0 aromatic carbocycles. The van der Waals surface area contributed by atoms with E-state index in [1.54, 1.807) is 6.42 Å². The van der Waals surface area contributed by atoms with Gasteiger partial charge in [0.25, 0.3) is 0 Å². The average molecular weight is 250 g/mol. The van der Waals surface area contributed by atoms with E-state index in [9.17, 15) is 0 Å². The molecule has 1 heterocycles. The van der Waals surface area contributed by atoms with E-state index in [4.69, 9.17) is 0 Å². The highest BCUT2D eigenvalue weighted by molar-refractivity contribution is 4.94. The SMILES string of the molecule is CC1CN(CC2CC3CCC2C3)C(C(C)C)CN1. The minimum Gasteiger partial charge on any atom is -0.311 e. The maximum absolute atomic E-state index is 3.66. The van der Waals surface area contributed by atoms with Crippen LogP contribution in [0.4, 0.5) is 0 Å². The number of piperazine rings is 1. The predicted octanol–water partition coefficient (Wildman–Crippen LogP) is 2.74. The summed E-state index contributed by atoms with van der Waals surface area (Å²) in [5, 5.41) is 3.66. The van der Waals surface area contributed by atoms with Gasteiger partial charge < -0.3 is 5.32 Å². The Labute approximate surface area is 113 Å². The summed E-state index contributed by atoms with van der Waals surface area (Å²) in [6.07, 6.45) is 6.16. The minimum atomic E-state index is 0.679. The molecule has 2 saturated carbocycles. The molecule has 2 nitrogen and oxygen atoms in total. The first-order valence-corrected chi connectivity index (χ1v) is 8.11. The Balaban J connectivity index is 1.61. The van der Waals surface area contributed by atoms with Gasteiger partial charge in [-0.2, -0.15) is 0 Å². The van der Waals surface area contributed by atoms with Crippen LogP contribution in [0.3, 0.4) is 0 Å². The number of rotatable bonds is 3. The highest BCUT2D eigenvalue weighted by atomic mass is 15.2. The molecule has 1 aliphatic heterocycles. The van der Waals surface area contributed by atoms with Crippen LogP contribution in [0.15, 0.2) is 0 Å². The van der Waals surface area contributed by atoms with Gasteiger partial charge >= 0.3 is 0 Å². The highest BCUT2D eigenvalue weighted by Crippen LogP contribution is 2.48. The number of nitrogens with zero attached hydrogens (tertiary/aromatic N) is 1. The lowest BCUT2D eigenvalue weighted by molar-refractivity contribution is 0.0737. The molecule has 3 fully saturated rings. The van der Waals surface area contributed by atoms with Crippen molar-refractivity contribution in [3.63, 3.8) is 0 Å². The van der Waals surface area contributed by atoms with E-state index >= 15 is 0 Å². The van der Waals surface area contributed by atoms with Crippen LogP contribution in [0.25, 0.3) is 0 Å². The third kappa shape index (κ3) is 2.46. The Morgan fingerprint density at radius 1 is 1.22 bits per heavy atom. The highest BCUT2D eigenvalue weighted by Gasteiger charge is 2.41. The number of hydrogen-bond donors (Lipinski definition) is 1. The van der Waals surface area contributed by atoms with Crippen LogP contribution >= 0.6 is 0 Å². The second kappa shape index (κ2) is 5.13. The van der Waals surface area contributed by atoms with E-state index in [1.165, 1.54) is 38.9 Å². The lowest BCUT2D eigenvalue weighted by Crippen LogP contribution is -2.58. The summed E-state index contributed by atoms with van der Waals surface area (Å²) in [4.78, 5) is 2.82. The average Bonchev–Trinajstić information content (AvgIpc) is 2.90. The fourth-order valence-corrected chi connectivity index (χ4v) is 4.77. The van der Waals surface area contributed by atoms with Gasteiger partial charge in [-0.25, -0.2) is 0 Å². The summed E-state index contributed by atoms with van der Waals surface area (Å²) in [7, 11) is 0. The molecule has 2 bridgehead atoms. The molecule has 1 saturated heterocycles. The van der Waals surface area contributed by atoms with Crippen molar-refractivity contribution >= 4 is 0 Å². The second-order valence-electron chi connectivity index (χ2n) is 7.51. The zero-order valence-corrected chi connectivity index (χ0v) is 12.4. The van der Waals surface area contributed by atoms with Crippen molar-refractivity contribution in [1.29, 1.82) is 0 Å². The molecule has 18 heavy (non-hydrogen) atoms. The summed E-state index contributed by atoms with van der Waals surface area (Å²) < 4.78 is 0. The van der Waals surface area contributed by atoms with Crippen LogP contribution < -0.4 is 5.32 Å². The van der Waals surface area contributed by atoms with Crippen LogP contribution in [0.2, 0.25) is 0 Å². The van der Waals surface area contributed by atoms with Gasteiger partial charge in [0.2, 0.25) is 0 Å². The van der Waals surface area contributed by atoms with Gasteiger partial charge in [-0.1, -0.05) is 20.3 Å². The molecule has 2 aliphatic carbocycles. The first kappa shape index (κ1) is 12.9. The molecular weight excluding hydrogens is 220 g/mol. The quantitative estimate of drug-likeness (QED) is 0.828. The second-order valence-corrected chi connectivity index (χ2v) is 7.51. The Morgan fingerprint density at radius 2 is 2.06 bits per heavy atom. The van der Waals surface area contributed by atoms with Crippen molar-refractivity contribution in [2.75, 3.05) is 19.6 Å². The van der Waals surface area contributed by atoms with Gasteiger partial charge in [0, 0.05) is 31.7 Å². The van der Waals surface area contributed by atoms with Crippen LogP contribution in [-0.2, 0) is 0 Å². The fraction of sp³-hybridized carbons (Fsp3) is 1.00. The van der Waals surface area contributed by atoms with Crippen molar-refractivity contribution in [3.05, 3.63) is 0 Å². The van der Waals surface area contributed by atoms with E-state index < -0.39 is 0 Å². The monoisotopic (exact) mass is 250 g/mol. The van der Waals surface area contributed by atoms with Crippen LogP contribution in [0.5, 0.6) is 0 Å². The number of nitrogens with one attached hydrogen (secondary N) is 1. The molecule has 0 aromatic rings. The molecule has 0 radical (unpaired) electrons. The Morgan fingerprint density at radius 3 is 2.67 bits per heavy atom. The van der Waals surface area contributed by atoms with Crippen LogP contribution in [0.1, 0.15) is 46.5 Å². The summed E-state index contributed by atoms with van der Waals surface area (Å²) in [6.45, 7) is 10.9. The van der Waals surface area contributed by atoms with E-state index in [-0.39, 0.29) is 0 Å². The standard InChI is InChI=1S/C16H30N2/c1-11(2)16-8-17-12(3)9-18(16)10-15-7-13-4-5-14(15)6-13/h11-17H,4-10H2,1-3H3. The van der Waals surface area contributed by atoms with Gasteiger partial charge in [0.05, 0.1) is 0 Å². The minimum absolute atomic E-state index is 0.679. The number of hydrogen-bond acceptors (Lipinski definition) is 2. The van der Waals surface area contributed by atoms with E-state index in [0.29, 0.717) is 6.04 Å². The Kier molecular flexibility index (Phi) is 3.68. The lowest BCUT2D eigenvalue weighted by Gasteiger charge is -2.43. The molecule has 0 aromatic heterocycles. The van der Waals surface area contributed by atoms with Crippen molar-refractivity contribution in [2.45, 2.75) is 58.5 Å². The summed E-state index contributed by atoms with van der Waals surface area (Å²) >= 11 is 0. The van der Waals surface area contributed by atoms with E-state index in [0.717, 1.165) is 29.7 Å². The maximum Gasteiger partial charge on any atom is 0.0244 e. The van der Waals surface area contributed by atoms with Gasteiger partial charge in [-0.3, -0.25) is 4.90 Å². The van der Waals surface area contributed by atoms with Crippen molar-refractivity contribution in [2.24, 2.45) is 23.7 Å². The smallest absolute Gasteiger partial charge is 0.0244 e. The molecule has 0 amide bonds. The molecule has 1 N–H and O–H groups in total. The van der Waals surface area contributed by atoms with E-state index in [1.807, 2.05) is 0 Å². The molecule has 5 unspecified atom stereocenters. The zero-order chi connectivity index (χ0) is 12.7. The first-order chi connectivity index (χ1) is 8.63. The molecule has 0 spiro atoms. The van der Waals surface area contributed by atoms with E-state index in [2.05, 4.69) is 31.0 Å². The van der Waals surface area contributed by atoms with Crippen molar-refractivity contribution < 1.29 is 0 Å². The van der Waals surface area contributed by atoms with Crippen molar-refractivity contribution in [1.82, 2.24) is 10.2 Å². The number of fused-ring (bicyclic) bond motifs is 2. The van der Waals surface area contributed by atoms with Gasteiger partial charge in [-0.05, 0) is 49.9 Å². The normalized spacial score (nSPS) is 45.0. The van der Waals surface area contributed by atoms with Crippen LogP contribution in [-0.4, -0.2) is 36.6 Å². The maximum atomic E-state index is 3.66. The Hall–Kier alpha value is -0.0800. The fourth-order valence-electron chi connectivity index (χ4n) is 4.77. The molecular formula is C16H30N2. The molecule has 3 rings (SSSR count). The molecule has 3 aliphatic rings. The predicted molar refractivity (Wildman–Crippen MR) is 76.6 cm³/mol. The van der Waals surface area contributed by atoms with Gasteiger partial charge in [-0.15, -0.1) is 0 Å². The summed E-state index contributed by atoms with van der Waals surface area (Å²) in [5.74, 6) is 3.98. The lowest BCUT2D eigenvalue weighted by atomic mass is 9.87.